The molecule has 4 aromatic rings. The fraction of sp³-hybridized carbons (Fsp3) is 0.174. The summed E-state index contributed by atoms with van der Waals surface area (Å²) in [5, 5.41) is 12.6. The van der Waals surface area contributed by atoms with Crippen LogP contribution in [-0.2, 0) is 17.8 Å². The molecule has 1 N–H and O–H groups in total. The number of aryl methyl sites for hydroxylation is 2. The first kappa shape index (κ1) is 20.2. The maximum atomic E-state index is 12.9. The van der Waals surface area contributed by atoms with Crippen LogP contribution in [0.25, 0.3) is 11.0 Å². The van der Waals surface area contributed by atoms with Crippen molar-refractivity contribution in [1.29, 1.82) is 0 Å². The van der Waals surface area contributed by atoms with Crippen LogP contribution in [0.15, 0.2) is 69.0 Å². The highest BCUT2D eigenvalue weighted by molar-refractivity contribution is 5.84. The Bertz CT molecular complexity index is 1320. The van der Waals surface area contributed by atoms with Crippen molar-refractivity contribution >= 4 is 23.1 Å². The largest absolute Gasteiger partial charge is 0.354 e. The lowest BCUT2D eigenvalue weighted by atomic mass is 10.1. The number of nitrogens with zero attached hydrogens (tertiary/aromatic N) is 4. The summed E-state index contributed by atoms with van der Waals surface area (Å²) in [5.41, 5.74) is 6.31. The second-order valence-corrected chi connectivity index (χ2v) is 7.19. The van der Waals surface area contributed by atoms with Crippen molar-refractivity contribution in [3.8, 4) is 0 Å². The molecule has 2 aromatic heterocycles. The molecule has 0 bridgehead atoms. The number of carbonyl (C=O) groups excluding carboxylic acids is 1. The molecule has 0 aliphatic rings. The average Bonchev–Trinajstić information content (AvgIpc) is 3.16. The van der Waals surface area contributed by atoms with E-state index >= 15 is 0 Å². The second kappa shape index (κ2) is 8.74. The lowest BCUT2D eigenvalue weighted by molar-refractivity contribution is -0.121. The number of hydrogen-bond acceptors (Lipinski definition) is 6. The lowest BCUT2D eigenvalue weighted by Crippen LogP contribution is -2.32. The van der Waals surface area contributed by atoms with E-state index in [-0.39, 0.29) is 6.54 Å². The summed E-state index contributed by atoms with van der Waals surface area (Å²) < 4.78 is 6.50. The predicted molar refractivity (Wildman–Crippen MR) is 117 cm³/mol. The first-order valence-corrected chi connectivity index (χ1v) is 9.80. The van der Waals surface area contributed by atoms with Crippen LogP contribution < -0.4 is 11.0 Å². The minimum absolute atomic E-state index is 0.272. The van der Waals surface area contributed by atoms with Crippen LogP contribution in [0.3, 0.4) is 0 Å². The monoisotopic (exact) mass is 415 g/mol. The van der Waals surface area contributed by atoms with Crippen LogP contribution in [0.1, 0.15) is 28.1 Å². The minimum Gasteiger partial charge on any atom is -0.354 e. The van der Waals surface area contributed by atoms with Gasteiger partial charge in [-0.15, -0.1) is 0 Å². The van der Waals surface area contributed by atoms with Crippen molar-refractivity contribution < 1.29 is 9.32 Å². The van der Waals surface area contributed by atoms with Gasteiger partial charge in [0.1, 0.15) is 17.6 Å². The number of rotatable bonds is 6. The molecule has 8 heteroatoms. The van der Waals surface area contributed by atoms with Gasteiger partial charge in [-0.3, -0.25) is 9.59 Å². The van der Waals surface area contributed by atoms with E-state index in [9.17, 15) is 9.59 Å². The quantitative estimate of drug-likeness (QED) is 0.385. The van der Waals surface area contributed by atoms with Gasteiger partial charge >= 0.3 is 0 Å². The fourth-order valence-corrected chi connectivity index (χ4v) is 3.27. The van der Waals surface area contributed by atoms with E-state index in [0.29, 0.717) is 28.8 Å². The molecule has 2 aromatic carbocycles. The van der Waals surface area contributed by atoms with Gasteiger partial charge in [-0.1, -0.05) is 59.8 Å². The molecule has 8 nitrogen and oxygen atoms in total. The van der Waals surface area contributed by atoms with Crippen molar-refractivity contribution in [2.24, 2.45) is 5.10 Å². The molecular weight excluding hydrogens is 394 g/mol. The summed E-state index contributed by atoms with van der Waals surface area (Å²) in [5.74, 6) is -0.460. The highest BCUT2D eigenvalue weighted by atomic mass is 16.5. The Labute approximate surface area is 178 Å². The van der Waals surface area contributed by atoms with Gasteiger partial charge in [0.2, 0.25) is 0 Å². The molecule has 0 saturated heterocycles. The molecule has 0 saturated carbocycles. The summed E-state index contributed by atoms with van der Waals surface area (Å²) in [7, 11) is 0. The van der Waals surface area contributed by atoms with E-state index in [1.165, 1.54) is 0 Å². The molecule has 1 amide bonds. The molecule has 0 radical (unpaired) electrons. The molecule has 0 aliphatic carbocycles. The average molecular weight is 415 g/mol. The number of fused-ring (bicyclic) bond motifs is 1. The highest BCUT2D eigenvalue weighted by Gasteiger charge is 2.19. The molecule has 4 rings (SSSR count). The standard InChI is InChI=1S/C23H21N5O3/c1-15-8-6-7-11-18(15)13-24-25-20(29)14-28-23(30)21-16(2)27-31-22(21)19(26-28)12-17-9-4-3-5-10-17/h3-11,13H,12,14H2,1-2H3,(H,25,29)/b24-13+. The van der Waals surface area contributed by atoms with Crippen molar-refractivity contribution in [2.75, 3.05) is 0 Å². The molecule has 2 heterocycles. The van der Waals surface area contributed by atoms with E-state index in [4.69, 9.17) is 4.52 Å². The maximum Gasteiger partial charge on any atom is 0.280 e. The number of amides is 1. The highest BCUT2D eigenvalue weighted by Crippen LogP contribution is 2.19. The predicted octanol–water partition coefficient (Wildman–Crippen LogP) is 2.74. The summed E-state index contributed by atoms with van der Waals surface area (Å²) in [4.78, 5) is 25.3. The summed E-state index contributed by atoms with van der Waals surface area (Å²) in [6.45, 7) is 3.38. The van der Waals surface area contributed by atoms with Gasteiger partial charge in [-0.2, -0.15) is 10.2 Å². The third kappa shape index (κ3) is 4.42. The normalized spacial score (nSPS) is 11.3. The number of aromatic nitrogens is 3. The van der Waals surface area contributed by atoms with Gasteiger partial charge in [0.25, 0.3) is 11.5 Å². The number of hydrazone groups is 1. The van der Waals surface area contributed by atoms with E-state index in [1.54, 1.807) is 13.1 Å². The van der Waals surface area contributed by atoms with Crippen LogP contribution in [0, 0.1) is 13.8 Å². The van der Waals surface area contributed by atoms with Gasteiger partial charge in [0, 0.05) is 6.42 Å². The maximum absolute atomic E-state index is 12.9. The lowest BCUT2D eigenvalue weighted by Gasteiger charge is -2.08. The molecule has 0 atom stereocenters. The minimum atomic E-state index is -0.460. The Morgan fingerprint density at radius 3 is 2.65 bits per heavy atom. The van der Waals surface area contributed by atoms with E-state index in [0.717, 1.165) is 21.4 Å². The third-order valence-electron chi connectivity index (χ3n) is 4.90. The van der Waals surface area contributed by atoms with Crippen molar-refractivity contribution in [2.45, 2.75) is 26.8 Å². The molecule has 31 heavy (non-hydrogen) atoms. The summed E-state index contributed by atoms with van der Waals surface area (Å²) >= 11 is 0. The van der Waals surface area contributed by atoms with Crippen LogP contribution in [0.2, 0.25) is 0 Å². The Kier molecular flexibility index (Phi) is 5.70. The van der Waals surface area contributed by atoms with E-state index < -0.39 is 11.5 Å². The van der Waals surface area contributed by atoms with Gasteiger partial charge in [-0.25, -0.2) is 10.1 Å². The summed E-state index contributed by atoms with van der Waals surface area (Å²) in [6, 6.07) is 17.4. The third-order valence-corrected chi connectivity index (χ3v) is 4.90. The second-order valence-electron chi connectivity index (χ2n) is 7.19. The fourth-order valence-electron chi connectivity index (χ4n) is 3.27. The molecule has 156 valence electrons. The topological polar surface area (TPSA) is 102 Å². The van der Waals surface area contributed by atoms with Gasteiger partial charge in [0.15, 0.2) is 5.58 Å². The molecule has 0 spiro atoms. The van der Waals surface area contributed by atoms with E-state index in [2.05, 4.69) is 20.8 Å². The van der Waals surface area contributed by atoms with E-state index in [1.807, 2.05) is 61.5 Å². The molecule has 0 aliphatic heterocycles. The Morgan fingerprint density at radius 1 is 1.13 bits per heavy atom. The number of hydrogen-bond donors (Lipinski definition) is 1. The SMILES string of the molecule is Cc1ccccc1/C=N/NC(=O)Cn1nc(Cc2ccccc2)c2onc(C)c2c1=O. The Hall–Kier alpha value is -4.07. The first-order valence-electron chi connectivity index (χ1n) is 9.80. The molecule has 0 fully saturated rings. The number of nitrogens with one attached hydrogen (secondary N) is 1. The zero-order chi connectivity index (χ0) is 21.8. The van der Waals surface area contributed by atoms with Crippen LogP contribution in [0.4, 0.5) is 0 Å². The van der Waals surface area contributed by atoms with Crippen LogP contribution in [-0.4, -0.2) is 27.1 Å². The number of benzene rings is 2. The number of carbonyl (C=O) groups is 1. The first-order chi connectivity index (χ1) is 15.0. The zero-order valence-electron chi connectivity index (χ0n) is 17.2. The molecular formula is C23H21N5O3. The van der Waals surface area contributed by atoms with Crippen molar-refractivity contribution in [3.63, 3.8) is 0 Å². The molecule has 0 unspecified atom stereocenters. The van der Waals surface area contributed by atoms with Gasteiger partial charge in [0.05, 0.1) is 11.9 Å². The smallest absolute Gasteiger partial charge is 0.280 e. The zero-order valence-corrected chi connectivity index (χ0v) is 17.2. The van der Waals surface area contributed by atoms with Crippen LogP contribution >= 0.6 is 0 Å². The summed E-state index contributed by atoms with van der Waals surface area (Å²) in [6.07, 6.45) is 2.01. The Balaban J connectivity index is 1.59. The Morgan fingerprint density at radius 2 is 1.87 bits per heavy atom. The van der Waals surface area contributed by atoms with Crippen LogP contribution in [0.5, 0.6) is 0 Å². The van der Waals surface area contributed by atoms with Crippen molar-refractivity contribution in [1.82, 2.24) is 20.4 Å². The van der Waals surface area contributed by atoms with Gasteiger partial charge < -0.3 is 4.52 Å². The van der Waals surface area contributed by atoms with Gasteiger partial charge in [-0.05, 0) is 30.5 Å². The van der Waals surface area contributed by atoms with Crippen molar-refractivity contribution in [3.05, 3.63) is 93.0 Å².